The zero-order valence-corrected chi connectivity index (χ0v) is 10.2. The fourth-order valence-corrected chi connectivity index (χ4v) is 1.70. The molecule has 0 radical (unpaired) electrons. The minimum atomic E-state index is -4.75. The molecular weight excluding hydrogens is 286 g/mol. The average molecular weight is 294 g/mol. The molecule has 0 fully saturated rings. The Balaban J connectivity index is 2.39. The number of hydrogen-bond acceptors (Lipinski definition) is 2. The molecule has 2 rings (SSSR count). The molecule has 0 atom stereocenters. The highest BCUT2D eigenvalue weighted by Gasteiger charge is 2.34. The van der Waals surface area contributed by atoms with Crippen LogP contribution >= 0.6 is 11.6 Å². The van der Waals surface area contributed by atoms with Crippen LogP contribution in [-0.4, -0.2) is 20.9 Å². The first-order chi connectivity index (χ1) is 8.91. The topological polar surface area (TPSA) is 30.7 Å². The summed E-state index contributed by atoms with van der Waals surface area (Å²) in [5, 5.41) is 7.43. The molecule has 0 saturated carbocycles. The molecule has 0 aliphatic heterocycles. The molecule has 1 heterocycles. The lowest BCUT2D eigenvalue weighted by atomic mass is 10.2. The van der Waals surface area contributed by atoms with Crippen molar-refractivity contribution in [1.29, 1.82) is 0 Å². The largest absolute Gasteiger partial charge is 0.419 e. The van der Waals surface area contributed by atoms with Gasteiger partial charge in [-0.25, -0.2) is 9.07 Å². The molecule has 102 valence electrons. The Bertz CT molecular complexity index is 580. The Hall–Kier alpha value is -1.63. The maximum absolute atomic E-state index is 13.1. The van der Waals surface area contributed by atoms with Gasteiger partial charge >= 0.3 is 6.18 Å². The number of benzene rings is 1. The van der Waals surface area contributed by atoms with E-state index in [0.29, 0.717) is 24.1 Å². The molecule has 0 aliphatic carbocycles. The number of aryl methyl sites for hydroxylation is 1. The molecule has 0 aliphatic rings. The summed E-state index contributed by atoms with van der Waals surface area (Å²) in [6.07, 6.45) is -2.84. The Morgan fingerprint density at radius 1 is 1.26 bits per heavy atom. The number of hydrogen-bond donors (Lipinski definition) is 0. The van der Waals surface area contributed by atoms with Crippen LogP contribution in [0.3, 0.4) is 0 Å². The normalized spacial score (nSPS) is 11.8. The molecule has 1 aromatic carbocycles. The van der Waals surface area contributed by atoms with Crippen molar-refractivity contribution in [2.45, 2.75) is 12.6 Å². The molecule has 1 aromatic heterocycles. The first kappa shape index (κ1) is 13.8. The van der Waals surface area contributed by atoms with Gasteiger partial charge in [0.1, 0.15) is 5.82 Å². The molecule has 0 bridgehead atoms. The van der Waals surface area contributed by atoms with E-state index in [9.17, 15) is 17.6 Å². The molecule has 0 unspecified atom stereocenters. The lowest BCUT2D eigenvalue weighted by molar-refractivity contribution is -0.140. The quantitative estimate of drug-likeness (QED) is 0.643. The van der Waals surface area contributed by atoms with Crippen LogP contribution in [0.15, 0.2) is 24.4 Å². The highest BCUT2D eigenvalue weighted by molar-refractivity contribution is 6.17. The predicted molar refractivity (Wildman–Crippen MR) is 60.7 cm³/mol. The molecule has 8 heteroatoms. The van der Waals surface area contributed by atoms with E-state index in [-0.39, 0.29) is 5.69 Å². The lowest BCUT2D eigenvalue weighted by Crippen LogP contribution is -2.09. The number of rotatable bonds is 3. The summed E-state index contributed by atoms with van der Waals surface area (Å²) in [6, 6.07) is 2.64. The van der Waals surface area contributed by atoms with Gasteiger partial charge in [-0.05, 0) is 18.2 Å². The average Bonchev–Trinajstić information content (AvgIpc) is 2.77. The van der Waals surface area contributed by atoms with Gasteiger partial charge in [0.25, 0.3) is 0 Å². The Kier molecular flexibility index (Phi) is 3.75. The summed E-state index contributed by atoms with van der Waals surface area (Å²) in [7, 11) is 0. The SMILES string of the molecule is Fc1ccc(-n2cc(CCCl)nn2)cc1C(F)(F)F. The van der Waals surface area contributed by atoms with Crippen molar-refractivity contribution in [3.05, 3.63) is 41.5 Å². The van der Waals surface area contributed by atoms with Gasteiger partial charge in [-0.3, -0.25) is 0 Å². The van der Waals surface area contributed by atoms with Crippen LogP contribution in [-0.2, 0) is 12.6 Å². The predicted octanol–water partition coefficient (Wildman–Crippen LogP) is 3.21. The van der Waals surface area contributed by atoms with Crippen molar-refractivity contribution < 1.29 is 17.6 Å². The summed E-state index contributed by atoms with van der Waals surface area (Å²) in [5.41, 5.74) is -0.700. The Morgan fingerprint density at radius 3 is 2.63 bits per heavy atom. The van der Waals surface area contributed by atoms with Crippen LogP contribution in [0.2, 0.25) is 0 Å². The van der Waals surface area contributed by atoms with Crippen LogP contribution in [0.1, 0.15) is 11.3 Å². The van der Waals surface area contributed by atoms with Crippen molar-refractivity contribution in [2.24, 2.45) is 0 Å². The Labute approximate surface area is 110 Å². The van der Waals surface area contributed by atoms with Crippen LogP contribution in [0.25, 0.3) is 5.69 Å². The van der Waals surface area contributed by atoms with Crippen molar-refractivity contribution >= 4 is 11.6 Å². The van der Waals surface area contributed by atoms with Gasteiger partial charge in [0.15, 0.2) is 0 Å². The molecule has 0 amide bonds. The number of alkyl halides is 4. The van der Waals surface area contributed by atoms with Crippen LogP contribution in [0.4, 0.5) is 17.6 Å². The fraction of sp³-hybridized carbons (Fsp3) is 0.273. The zero-order chi connectivity index (χ0) is 14.0. The summed E-state index contributed by atoms with van der Waals surface area (Å²) < 4.78 is 52.0. The third-order valence-electron chi connectivity index (χ3n) is 2.41. The van der Waals surface area contributed by atoms with Gasteiger partial charge in [0.2, 0.25) is 0 Å². The second kappa shape index (κ2) is 5.16. The maximum atomic E-state index is 13.1. The monoisotopic (exact) mass is 293 g/mol. The Morgan fingerprint density at radius 2 is 2.00 bits per heavy atom. The molecule has 19 heavy (non-hydrogen) atoms. The van der Waals surface area contributed by atoms with E-state index in [4.69, 9.17) is 11.6 Å². The van der Waals surface area contributed by atoms with Crippen LogP contribution in [0.5, 0.6) is 0 Å². The third kappa shape index (κ3) is 3.04. The van der Waals surface area contributed by atoms with Crippen molar-refractivity contribution in [1.82, 2.24) is 15.0 Å². The van der Waals surface area contributed by atoms with Crippen molar-refractivity contribution in [3.8, 4) is 5.69 Å². The van der Waals surface area contributed by atoms with E-state index in [1.807, 2.05) is 0 Å². The lowest BCUT2D eigenvalue weighted by Gasteiger charge is -2.09. The second-order valence-electron chi connectivity index (χ2n) is 3.76. The minimum Gasteiger partial charge on any atom is -0.220 e. The van der Waals surface area contributed by atoms with Gasteiger partial charge < -0.3 is 0 Å². The summed E-state index contributed by atoms with van der Waals surface area (Å²) in [5.74, 6) is -0.993. The molecule has 2 aromatic rings. The second-order valence-corrected chi connectivity index (χ2v) is 4.13. The minimum absolute atomic E-state index is 0.0852. The van der Waals surface area contributed by atoms with E-state index < -0.39 is 17.6 Å². The van der Waals surface area contributed by atoms with Gasteiger partial charge in [0, 0.05) is 12.3 Å². The maximum Gasteiger partial charge on any atom is 0.419 e. The van der Waals surface area contributed by atoms with E-state index in [1.54, 1.807) is 0 Å². The van der Waals surface area contributed by atoms with Gasteiger partial charge in [-0.15, -0.1) is 16.7 Å². The first-order valence-electron chi connectivity index (χ1n) is 5.26. The molecule has 0 N–H and O–H groups in total. The fourth-order valence-electron chi connectivity index (χ4n) is 1.51. The molecule has 0 saturated heterocycles. The molecular formula is C11H8ClF4N3. The molecule has 0 spiro atoms. The van der Waals surface area contributed by atoms with E-state index >= 15 is 0 Å². The number of halogens is 5. The highest BCUT2D eigenvalue weighted by Crippen LogP contribution is 2.32. The van der Waals surface area contributed by atoms with Gasteiger partial charge in [-0.1, -0.05) is 5.21 Å². The van der Waals surface area contributed by atoms with Crippen LogP contribution in [0, 0.1) is 5.82 Å². The third-order valence-corrected chi connectivity index (χ3v) is 2.60. The summed E-state index contributed by atoms with van der Waals surface area (Å²) in [6.45, 7) is 0. The molecule has 3 nitrogen and oxygen atoms in total. The highest BCUT2D eigenvalue weighted by atomic mass is 35.5. The zero-order valence-electron chi connectivity index (χ0n) is 9.46. The van der Waals surface area contributed by atoms with Gasteiger partial charge in [-0.2, -0.15) is 13.2 Å². The summed E-state index contributed by atoms with van der Waals surface area (Å²) in [4.78, 5) is 0. The van der Waals surface area contributed by atoms with Crippen LogP contribution < -0.4 is 0 Å². The van der Waals surface area contributed by atoms with E-state index in [2.05, 4.69) is 10.3 Å². The van der Waals surface area contributed by atoms with E-state index in [0.717, 1.165) is 10.7 Å². The smallest absolute Gasteiger partial charge is 0.220 e. The van der Waals surface area contributed by atoms with Crippen molar-refractivity contribution in [3.63, 3.8) is 0 Å². The number of aromatic nitrogens is 3. The van der Waals surface area contributed by atoms with Gasteiger partial charge in [0.05, 0.1) is 23.1 Å². The van der Waals surface area contributed by atoms with Crippen molar-refractivity contribution in [2.75, 3.05) is 5.88 Å². The first-order valence-corrected chi connectivity index (χ1v) is 5.79. The summed E-state index contributed by atoms with van der Waals surface area (Å²) >= 11 is 5.52. The standard InChI is InChI=1S/C11H8ClF4N3/c12-4-3-7-6-19(18-17-7)8-1-2-10(13)9(5-8)11(14,15)16/h1-2,5-6H,3-4H2. The number of nitrogens with zero attached hydrogens (tertiary/aromatic N) is 3. The van der Waals surface area contributed by atoms with E-state index in [1.165, 1.54) is 12.3 Å².